The monoisotopic (exact) mass is 405 g/mol. The molecule has 0 aliphatic rings. The van der Waals surface area contributed by atoms with Crippen LogP contribution in [0.15, 0.2) is 91.1 Å². The number of aryl methyl sites for hydroxylation is 1. The Bertz CT molecular complexity index is 1290. The second-order valence-electron chi connectivity index (χ2n) is 7.61. The van der Waals surface area contributed by atoms with E-state index in [1.54, 1.807) is 0 Å². The first-order valence-corrected chi connectivity index (χ1v) is 10.5. The Morgan fingerprint density at radius 1 is 0.839 bits per heavy atom. The highest BCUT2D eigenvalue weighted by Gasteiger charge is 2.02. The van der Waals surface area contributed by atoms with Crippen LogP contribution in [0.3, 0.4) is 0 Å². The smallest absolute Gasteiger partial charge is 0.104 e. The second-order valence-corrected chi connectivity index (χ2v) is 7.61. The molecule has 0 bridgehead atoms. The third-order valence-corrected chi connectivity index (χ3v) is 5.43. The molecule has 0 amide bonds. The SMILES string of the molecule is C/C=c1/cc(-c2ccccc2)cc/c1=C(/N)NCc1ccc(-c2ccnc(C)c2)cc1. The third-order valence-electron chi connectivity index (χ3n) is 5.43. The van der Waals surface area contributed by atoms with Crippen molar-refractivity contribution in [3.8, 4) is 22.3 Å². The largest absolute Gasteiger partial charge is 0.385 e. The van der Waals surface area contributed by atoms with Gasteiger partial charge >= 0.3 is 0 Å². The summed E-state index contributed by atoms with van der Waals surface area (Å²) in [4.78, 5) is 4.27. The molecule has 0 spiro atoms. The number of nitrogens with one attached hydrogen (secondary N) is 1. The molecule has 3 heteroatoms. The number of hydrogen-bond acceptors (Lipinski definition) is 3. The van der Waals surface area contributed by atoms with Crippen molar-refractivity contribution in [2.24, 2.45) is 5.73 Å². The van der Waals surface area contributed by atoms with Crippen molar-refractivity contribution in [1.29, 1.82) is 0 Å². The fourth-order valence-corrected chi connectivity index (χ4v) is 3.69. The van der Waals surface area contributed by atoms with Crippen LogP contribution in [0.25, 0.3) is 34.2 Å². The van der Waals surface area contributed by atoms with Gasteiger partial charge < -0.3 is 11.1 Å². The zero-order chi connectivity index (χ0) is 21.6. The van der Waals surface area contributed by atoms with E-state index in [1.807, 2.05) is 32.2 Å². The first kappa shape index (κ1) is 20.4. The summed E-state index contributed by atoms with van der Waals surface area (Å²) in [6.07, 6.45) is 3.95. The number of rotatable bonds is 5. The summed E-state index contributed by atoms with van der Waals surface area (Å²) in [5, 5.41) is 5.52. The van der Waals surface area contributed by atoms with Crippen molar-refractivity contribution in [2.45, 2.75) is 20.4 Å². The van der Waals surface area contributed by atoms with Gasteiger partial charge in [0.25, 0.3) is 0 Å². The molecule has 0 saturated carbocycles. The normalized spacial score (nSPS) is 12.5. The molecule has 0 aliphatic carbocycles. The molecule has 3 nitrogen and oxygen atoms in total. The van der Waals surface area contributed by atoms with Crippen LogP contribution in [0, 0.1) is 6.92 Å². The third kappa shape index (κ3) is 4.84. The average Bonchev–Trinajstić information content (AvgIpc) is 2.83. The van der Waals surface area contributed by atoms with Crippen LogP contribution in [0.1, 0.15) is 18.2 Å². The summed E-state index contributed by atoms with van der Waals surface area (Å²) in [7, 11) is 0. The van der Waals surface area contributed by atoms with Gasteiger partial charge in [-0.25, -0.2) is 0 Å². The van der Waals surface area contributed by atoms with E-state index >= 15 is 0 Å². The molecule has 0 aliphatic heterocycles. The summed E-state index contributed by atoms with van der Waals surface area (Å²) >= 11 is 0. The zero-order valence-electron chi connectivity index (χ0n) is 18.0. The standard InChI is InChI=1S/C28H27N3/c1-3-22-18-25(23-7-5-4-6-8-23)13-14-27(22)28(29)31-19-21-9-11-24(12-10-21)26-15-16-30-20(2)17-26/h3-18,31H,19,29H2,1-2H3/b22-3-,28-27+. The van der Waals surface area contributed by atoms with Crippen molar-refractivity contribution in [1.82, 2.24) is 10.3 Å². The van der Waals surface area contributed by atoms with Crippen LogP contribution in [-0.2, 0) is 6.54 Å². The number of pyridine rings is 1. The van der Waals surface area contributed by atoms with E-state index in [2.05, 4.69) is 89.2 Å². The van der Waals surface area contributed by atoms with Crippen LogP contribution in [0.5, 0.6) is 0 Å². The van der Waals surface area contributed by atoms with Gasteiger partial charge in [-0.1, -0.05) is 72.8 Å². The second kappa shape index (κ2) is 9.31. The zero-order valence-corrected chi connectivity index (χ0v) is 18.0. The van der Waals surface area contributed by atoms with Gasteiger partial charge in [-0.05, 0) is 65.1 Å². The molecular formula is C28H27N3. The molecule has 0 radical (unpaired) electrons. The van der Waals surface area contributed by atoms with E-state index in [0.717, 1.165) is 16.1 Å². The fraction of sp³-hybridized carbons (Fsp3) is 0.107. The van der Waals surface area contributed by atoms with Gasteiger partial charge in [-0.3, -0.25) is 4.98 Å². The van der Waals surface area contributed by atoms with E-state index in [9.17, 15) is 0 Å². The van der Waals surface area contributed by atoms with Gasteiger partial charge in [0.2, 0.25) is 0 Å². The van der Waals surface area contributed by atoms with Gasteiger partial charge in [0.1, 0.15) is 5.82 Å². The lowest BCUT2D eigenvalue weighted by molar-refractivity contribution is 0.869. The fourth-order valence-electron chi connectivity index (χ4n) is 3.69. The number of nitrogens with two attached hydrogens (primary N) is 1. The molecule has 1 aromatic heterocycles. The van der Waals surface area contributed by atoms with Crippen LogP contribution in [0.2, 0.25) is 0 Å². The Balaban J connectivity index is 1.53. The molecule has 4 rings (SSSR count). The van der Waals surface area contributed by atoms with E-state index < -0.39 is 0 Å². The van der Waals surface area contributed by atoms with E-state index in [4.69, 9.17) is 5.73 Å². The number of hydrogen-bond donors (Lipinski definition) is 2. The van der Waals surface area contributed by atoms with Gasteiger partial charge in [0, 0.05) is 23.7 Å². The van der Waals surface area contributed by atoms with Crippen molar-refractivity contribution in [3.05, 3.63) is 113 Å². The quantitative estimate of drug-likeness (QED) is 0.519. The number of aromatic nitrogens is 1. The minimum atomic E-state index is 0.672. The molecule has 31 heavy (non-hydrogen) atoms. The first-order chi connectivity index (χ1) is 15.1. The average molecular weight is 406 g/mol. The van der Waals surface area contributed by atoms with Crippen molar-refractivity contribution < 1.29 is 0 Å². The molecule has 0 atom stereocenters. The highest BCUT2D eigenvalue weighted by atomic mass is 15.0. The molecule has 0 unspecified atom stereocenters. The van der Waals surface area contributed by atoms with Crippen molar-refractivity contribution in [2.75, 3.05) is 0 Å². The summed E-state index contributed by atoms with van der Waals surface area (Å²) in [6, 6.07) is 29.5. The van der Waals surface area contributed by atoms with E-state index in [0.29, 0.717) is 12.4 Å². The molecule has 4 aromatic rings. The van der Waals surface area contributed by atoms with Crippen molar-refractivity contribution in [3.63, 3.8) is 0 Å². The van der Waals surface area contributed by atoms with Crippen LogP contribution in [0.4, 0.5) is 0 Å². The molecule has 0 fully saturated rings. The van der Waals surface area contributed by atoms with Crippen LogP contribution in [-0.4, -0.2) is 4.98 Å². The topological polar surface area (TPSA) is 50.9 Å². The van der Waals surface area contributed by atoms with Gasteiger partial charge in [-0.15, -0.1) is 0 Å². The van der Waals surface area contributed by atoms with Crippen LogP contribution >= 0.6 is 0 Å². The Morgan fingerprint density at radius 3 is 2.23 bits per heavy atom. The maximum atomic E-state index is 6.42. The molecular weight excluding hydrogens is 378 g/mol. The minimum absolute atomic E-state index is 0.672. The first-order valence-electron chi connectivity index (χ1n) is 10.5. The predicted molar refractivity (Wildman–Crippen MR) is 130 cm³/mol. The Labute approximate surface area is 183 Å². The maximum absolute atomic E-state index is 6.42. The summed E-state index contributed by atoms with van der Waals surface area (Å²) in [5.74, 6) is 0.682. The number of benzene rings is 3. The van der Waals surface area contributed by atoms with E-state index in [-0.39, 0.29) is 0 Å². The molecule has 1 heterocycles. The lowest BCUT2D eigenvalue weighted by Crippen LogP contribution is -2.35. The lowest BCUT2D eigenvalue weighted by atomic mass is 10.0. The Morgan fingerprint density at radius 2 is 1.52 bits per heavy atom. The Hall–Kier alpha value is -3.85. The van der Waals surface area contributed by atoms with Crippen LogP contribution < -0.4 is 21.5 Å². The van der Waals surface area contributed by atoms with Gasteiger partial charge in [-0.2, -0.15) is 0 Å². The van der Waals surface area contributed by atoms with Gasteiger partial charge in [0.05, 0.1) is 0 Å². The Kier molecular flexibility index (Phi) is 6.13. The molecule has 0 saturated heterocycles. The lowest BCUT2D eigenvalue weighted by Gasteiger charge is -2.09. The minimum Gasteiger partial charge on any atom is -0.385 e. The number of nitrogens with zero attached hydrogens (tertiary/aromatic N) is 1. The highest BCUT2D eigenvalue weighted by Crippen LogP contribution is 2.20. The molecule has 154 valence electrons. The van der Waals surface area contributed by atoms with Gasteiger partial charge in [0.15, 0.2) is 0 Å². The summed E-state index contributed by atoms with van der Waals surface area (Å²) < 4.78 is 0. The van der Waals surface area contributed by atoms with Crippen molar-refractivity contribution >= 4 is 11.9 Å². The molecule has 3 N–H and O–H groups in total. The molecule has 3 aromatic carbocycles. The maximum Gasteiger partial charge on any atom is 0.104 e. The van der Waals surface area contributed by atoms with E-state index in [1.165, 1.54) is 27.8 Å². The summed E-state index contributed by atoms with van der Waals surface area (Å²) in [6.45, 7) is 4.72. The summed E-state index contributed by atoms with van der Waals surface area (Å²) in [5.41, 5.74) is 13.4. The predicted octanol–water partition coefficient (Wildman–Crippen LogP) is 4.34. The highest BCUT2D eigenvalue weighted by molar-refractivity contribution is 5.65.